The van der Waals surface area contributed by atoms with E-state index in [9.17, 15) is 9.00 Å². The molecule has 0 aliphatic rings. The molecule has 0 fully saturated rings. The molecule has 0 unspecified atom stereocenters. The van der Waals surface area contributed by atoms with Gasteiger partial charge in [0.05, 0.1) is 17.2 Å². The summed E-state index contributed by atoms with van der Waals surface area (Å²) < 4.78 is 12.0. The molecule has 0 spiro atoms. The van der Waals surface area contributed by atoms with Gasteiger partial charge in [-0.3, -0.25) is 9.00 Å². The first-order valence-corrected chi connectivity index (χ1v) is 8.29. The molecule has 110 valence electrons. The standard InChI is InChI=1S/C16H16ClNO2S/c17-14-6-8-15(9-7-14)21(20)11-10-18-16(19)12-13-4-2-1-3-5-13/h1-9H,10-12H2,(H,18,19)/t21-/m1/s1. The maximum Gasteiger partial charge on any atom is 0.224 e. The fraction of sp³-hybridized carbons (Fsp3) is 0.188. The minimum atomic E-state index is -1.13. The summed E-state index contributed by atoms with van der Waals surface area (Å²) in [6, 6.07) is 16.4. The Morgan fingerprint density at radius 2 is 1.71 bits per heavy atom. The van der Waals surface area contributed by atoms with Crippen molar-refractivity contribution in [3.05, 3.63) is 65.2 Å². The molecule has 0 aliphatic heterocycles. The molecule has 2 rings (SSSR count). The van der Waals surface area contributed by atoms with E-state index in [4.69, 9.17) is 11.6 Å². The van der Waals surface area contributed by atoms with E-state index in [1.54, 1.807) is 24.3 Å². The topological polar surface area (TPSA) is 46.2 Å². The predicted molar refractivity (Wildman–Crippen MR) is 85.9 cm³/mol. The number of carbonyl (C=O) groups excluding carboxylic acids is 1. The third-order valence-corrected chi connectivity index (χ3v) is 4.52. The zero-order valence-corrected chi connectivity index (χ0v) is 13.0. The number of amides is 1. The van der Waals surface area contributed by atoms with Crippen LogP contribution in [0.25, 0.3) is 0 Å². The van der Waals surface area contributed by atoms with Crippen molar-refractivity contribution in [2.45, 2.75) is 11.3 Å². The summed E-state index contributed by atoms with van der Waals surface area (Å²) in [5.41, 5.74) is 0.967. The highest BCUT2D eigenvalue weighted by Crippen LogP contribution is 2.12. The van der Waals surface area contributed by atoms with Gasteiger partial charge >= 0.3 is 0 Å². The second-order valence-corrected chi connectivity index (χ2v) is 6.52. The summed E-state index contributed by atoms with van der Waals surface area (Å²) in [6.45, 7) is 0.390. The highest BCUT2D eigenvalue weighted by atomic mass is 35.5. The molecular formula is C16H16ClNO2S. The van der Waals surface area contributed by atoms with Crippen LogP contribution in [-0.2, 0) is 22.0 Å². The van der Waals surface area contributed by atoms with Crippen LogP contribution in [0.1, 0.15) is 5.56 Å². The Hall–Kier alpha value is -1.65. The largest absolute Gasteiger partial charge is 0.355 e. The van der Waals surface area contributed by atoms with Crippen molar-refractivity contribution in [2.75, 3.05) is 12.3 Å². The second-order valence-electron chi connectivity index (χ2n) is 4.52. The quantitative estimate of drug-likeness (QED) is 0.889. The van der Waals surface area contributed by atoms with Crippen LogP contribution in [-0.4, -0.2) is 22.4 Å². The molecule has 0 aliphatic carbocycles. The molecule has 0 aromatic heterocycles. The summed E-state index contributed by atoms with van der Waals surface area (Å²) in [7, 11) is -1.13. The molecule has 1 amide bonds. The molecule has 0 saturated carbocycles. The molecule has 0 heterocycles. The molecule has 5 heteroatoms. The molecule has 3 nitrogen and oxygen atoms in total. The predicted octanol–water partition coefficient (Wildman–Crippen LogP) is 2.81. The highest BCUT2D eigenvalue weighted by molar-refractivity contribution is 7.85. The molecule has 0 radical (unpaired) electrons. The first-order chi connectivity index (χ1) is 10.1. The van der Waals surface area contributed by atoms with E-state index in [0.717, 1.165) is 10.5 Å². The number of carbonyl (C=O) groups is 1. The van der Waals surface area contributed by atoms with Crippen molar-refractivity contribution in [1.29, 1.82) is 0 Å². The first-order valence-electron chi connectivity index (χ1n) is 6.60. The van der Waals surface area contributed by atoms with Crippen molar-refractivity contribution in [2.24, 2.45) is 0 Å². The van der Waals surface area contributed by atoms with E-state index in [1.165, 1.54) is 0 Å². The Kier molecular flexibility index (Phi) is 5.96. The molecule has 1 N–H and O–H groups in total. The number of benzene rings is 2. The van der Waals surface area contributed by atoms with Gasteiger partial charge in [0.25, 0.3) is 0 Å². The zero-order valence-electron chi connectivity index (χ0n) is 11.4. The number of nitrogens with one attached hydrogen (secondary N) is 1. The lowest BCUT2D eigenvalue weighted by atomic mass is 10.1. The van der Waals surface area contributed by atoms with Gasteiger partial charge in [0, 0.05) is 22.2 Å². The van der Waals surface area contributed by atoms with E-state index in [-0.39, 0.29) is 5.91 Å². The molecule has 0 saturated heterocycles. The third kappa shape index (κ3) is 5.33. The summed E-state index contributed by atoms with van der Waals surface area (Å²) in [4.78, 5) is 12.5. The molecule has 1 atom stereocenters. The van der Waals surface area contributed by atoms with Gasteiger partial charge in [0.1, 0.15) is 0 Å². The lowest BCUT2D eigenvalue weighted by molar-refractivity contribution is -0.120. The number of hydrogen-bond acceptors (Lipinski definition) is 2. The van der Waals surface area contributed by atoms with Crippen LogP contribution in [0.5, 0.6) is 0 Å². The van der Waals surface area contributed by atoms with Gasteiger partial charge in [-0.1, -0.05) is 41.9 Å². The van der Waals surface area contributed by atoms with Crippen molar-refractivity contribution in [1.82, 2.24) is 5.32 Å². The van der Waals surface area contributed by atoms with E-state index in [1.807, 2.05) is 30.3 Å². The van der Waals surface area contributed by atoms with Crippen molar-refractivity contribution in [3.63, 3.8) is 0 Å². The summed E-state index contributed by atoms with van der Waals surface area (Å²) >= 11 is 5.78. The van der Waals surface area contributed by atoms with Crippen molar-refractivity contribution < 1.29 is 9.00 Å². The van der Waals surface area contributed by atoms with Gasteiger partial charge in [-0.2, -0.15) is 0 Å². The Morgan fingerprint density at radius 1 is 1.05 bits per heavy atom. The zero-order chi connectivity index (χ0) is 15.1. The maximum absolute atomic E-state index is 12.0. The van der Waals surface area contributed by atoms with Gasteiger partial charge in [-0.15, -0.1) is 0 Å². The lowest BCUT2D eigenvalue weighted by Crippen LogP contribution is -2.29. The van der Waals surface area contributed by atoms with E-state index < -0.39 is 10.8 Å². The van der Waals surface area contributed by atoms with Crippen LogP contribution in [0.3, 0.4) is 0 Å². The van der Waals surface area contributed by atoms with E-state index in [2.05, 4.69) is 5.32 Å². The Balaban J connectivity index is 1.75. The molecule has 2 aromatic rings. The van der Waals surface area contributed by atoms with Crippen LogP contribution in [0.4, 0.5) is 0 Å². The smallest absolute Gasteiger partial charge is 0.224 e. The number of rotatable bonds is 6. The SMILES string of the molecule is O=C(Cc1ccccc1)NCC[S@@](=O)c1ccc(Cl)cc1. The third-order valence-electron chi connectivity index (χ3n) is 2.89. The normalized spacial score (nSPS) is 11.9. The van der Waals surface area contributed by atoms with Crippen molar-refractivity contribution in [3.8, 4) is 0 Å². The lowest BCUT2D eigenvalue weighted by Gasteiger charge is -2.06. The number of halogens is 1. The van der Waals surface area contributed by atoms with Gasteiger partial charge in [0.2, 0.25) is 5.91 Å². The highest BCUT2D eigenvalue weighted by Gasteiger charge is 2.06. The number of hydrogen-bond donors (Lipinski definition) is 1. The molecule has 0 bridgehead atoms. The average Bonchev–Trinajstić information content (AvgIpc) is 2.49. The fourth-order valence-corrected chi connectivity index (χ4v) is 2.92. The van der Waals surface area contributed by atoms with Gasteiger partial charge in [-0.05, 0) is 29.8 Å². The second kappa shape index (κ2) is 7.96. The molecule has 21 heavy (non-hydrogen) atoms. The van der Waals surface area contributed by atoms with Gasteiger partial charge in [0.15, 0.2) is 0 Å². The van der Waals surface area contributed by atoms with Crippen LogP contribution < -0.4 is 5.32 Å². The first kappa shape index (κ1) is 15.7. The van der Waals surface area contributed by atoms with Crippen molar-refractivity contribution >= 4 is 28.3 Å². The summed E-state index contributed by atoms with van der Waals surface area (Å²) in [5, 5.41) is 3.40. The minimum Gasteiger partial charge on any atom is -0.355 e. The average molecular weight is 322 g/mol. The summed E-state index contributed by atoms with van der Waals surface area (Å²) in [6.07, 6.45) is 0.342. The Morgan fingerprint density at radius 3 is 2.38 bits per heavy atom. The minimum absolute atomic E-state index is 0.0608. The molecular weight excluding hydrogens is 306 g/mol. The van der Waals surface area contributed by atoms with Crippen LogP contribution in [0.2, 0.25) is 5.02 Å². The van der Waals surface area contributed by atoms with Crippen LogP contribution in [0, 0.1) is 0 Å². The monoisotopic (exact) mass is 321 g/mol. The maximum atomic E-state index is 12.0. The van der Waals surface area contributed by atoms with Crippen LogP contribution >= 0.6 is 11.6 Å². The Labute approximate surface area is 131 Å². The van der Waals surface area contributed by atoms with E-state index in [0.29, 0.717) is 23.7 Å². The molecule has 2 aromatic carbocycles. The van der Waals surface area contributed by atoms with E-state index >= 15 is 0 Å². The Bertz CT molecular complexity index is 614. The fourth-order valence-electron chi connectivity index (χ4n) is 1.83. The summed E-state index contributed by atoms with van der Waals surface area (Å²) in [5.74, 6) is 0.330. The van der Waals surface area contributed by atoms with Gasteiger partial charge in [-0.25, -0.2) is 0 Å². The van der Waals surface area contributed by atoms with Gasteiger partial charge < -0.3 is 5.32 Å². The van der Waals surface area contributed by atoms with Crippen LogP contribution in [0.15, 0.2) is 59.5 Å².